The number of allylic oxidation sites excluding steroid dienone is 2. The SMILES string of the molecule is CCCCOC1CC(=C=O)C(=O)N1C1(c2ccccc2)C=CC=CC1. The monoisotopic (exact) mass is 337 g/mol. The van der Waals surface area contributed by atoms with Crippen molar-refractivity contribution in [1.29, 1.82) is 0 Å². The van der Waals surface area contributed by atoms with Crippen molar-refractivity contribution in [2.24, 2.45) is 0 Å². The van der Waals surface area contributed by atoms with Crippen LogP contribution in [-0.2, 0) is 19.9 Å². The molecule has 3 rings (SSSR count). The number of amides is 1. The van der Waals surface area contributed by atoms with E-state index < -0.39 is 11.8 Å². The number of nitrogens with zero attached hydrogens (tertiary/aromatic N) is 1. The largest absolute Gasteiger partial charge is 0.358 e. The van der Waals surface area contributed by atoms with E-state index in [9.17, 15) is 9.59 Å². The summed E-state index contributed by atoms with van der Waals surface area (Å²) < 4.78 is 6.01. The average molecular weight is 337 g/mol. The molecule has 0 spiro atoms. The highest BCUT2D eigenvalue weighted by atomic mass is 16.5. The molecule has 1 aromatic carbocycles. The number of carbonyl (C=O) groups is 1. The highest BCUT2D eigenvalue weighted by Gasteiger charge is 2.49. The van der Waals surface area contributed by atoms with Gasteiger partial charge in [0.2, 0.25) is 0 Å². The van der Waals surface area contributed by atoms with Gasteiger partial charge in [-0.3, -0.25) is 9.69 Å². The molecule has 2 atom stereocenters. The van der Waals surface area contributed by atoms with Crippen molar-refractivity contribution in [1.82, 2.24) is 4.90 Å². The Kier molecular flexibility index (Phi) is 5.32. The Morgan fingerprint density at radius 1 is 1.28 bits per heavy atom. The van der Waals surface area contributed by atoms with Gasteiger partial charge >= 0.3 is 0 Å². The predicted molar refractivity (Wildman–Crippen MR) is 96.3 cm³/mol. The summed E-state index contributed by atoms with van der Waals surface area (Å²) in [6, 6.07) is 9.92. The molecule has 0 N–H and O–H groups in total. The first-order chi connectivity index (χ1) is 12.2. The highest BCUT2D eigenvalue weighted by Crippen LogP contribution is 2.42. The minimum atomic E-state index is -0.636. The standard InChI is InChI=1S/C21H23NO3/c1-2-3-14-25-19-15-17(16-23)20(24)22(19)21(12-8-5-9-13-21)18-10-6-4-7-11-18/h4-12,19H,2-3,13-15H2,1H3. The number of ether oxygens (including phenoxy) is 1. The summed E-state index contributed by atoms with van der Waals surface area (Å²) >= 11 is 0. The van der Waals surface area contributed by atoms with E-state index in [2.05, 4.69) is 6.92 Å². The van der Waals surface area contributed by atoms with Gasteiger partial charge in [-0.25, -0.2) is 4.79 Å². The first-order valence-corrected chi connectivity index (χ1v) is 8.82. The maximum atomic E-state index is 12.9. The topological polar surface area (TPSA) is 46.6 Å². The number of rotatable bonds is 6. The minimum absolute atomic E-state index is 0.166. The Morgan fingerprint density at radius 3 is 2.72 bits per heavy atom. The van der Waals surface area contributed by atoms with E-state index in [1.165, 1.54) is 0 Å². The van der Waals surface area contributed by atoms with Gasteiger partial charge in [0.1, 0.15) is 17.7 Å². The molecule has 25 heavy (non-hydrogen) atoms. The van der Waals surface area contributed by atoms with Crippen molar-refractivity contribution in [3.63, 3.8) is 0 Å². The summed E-state index contributed by atoms with van der Waals surface area (Å²) in [6.45, 7) is 2.67. The Balaban J connectivity index is 2.03. The molecular formula is C21H23NO3. The molecule has 0 radical (unpaired) electrons. The van der Waals surface area contributed by atoms with Gasteiger partial charge in [-0.2, -0.15) is 0 Å². The van der Waals surface area contributed by atoms with E-state index in [4.69, 9.17) is 4.74 Å². The molecule has 1 fully saturated rings. The van der Waals surface area contributed by atoms with Gasteiger partial charge in [0, 0.05) is 13.0 Å². The predicted octanol–water partition coefficient (Wildman–Crippen LogP) is 3.53. The zero-order valence-corrected chi connectivity index (χ0v) is 14.5. The van der Waals surface area contributed by atoms with Crippen molar-refractivity contribution in [2.75, 3.05) is 6.61 Å². The molecule has 1 aliphatic heterocycles. The van der Waals surface area contributed by atoms with Crippen LogP contribution in [0.15, 0.2) is 60.2 Å². The molecule has 1 saturated heterocycles. The van der Waals surface area contributed by atoms with Gasteiger partial charge in [0.15, 0.2) is 0 Å². The number of benzene rings is 1. The van der Waals surface area contributed by atoms with E-state index in [-0.39, 0.29) is 17.9 Å². The molecule has 0 bridgehead atoms. The third-order valence-corrected chi connectivity index (χ3v) is 4.83. The Labute approximate surface area is 148 Å². The van der Waals surface area contributed by atoms with Gasteiger partial charge < -0.3 is 4.74 Å². The fourth-order valence-electron chi connectivity index (χ4n) is 3.52. The molecule has 1 amide bonds. The zero-order valence-electron chi connectivity index (χ0n) is 14.5. The van der Waals surface area contributed by atoms with Crippen molar-refractivity contribution < 1.29 is 14.3 Å². The van der Waals surface area contributed by atoms with E-state index in [1.807, 2.05) is 60.6 Å². The second-order valence-electron chi connectivity index (χ2n) is 6.42. The number of likely N-dealkylation sites (tertiary alicyclic amines) is 1. The second-order valence-corrected chi connectivity index (χ2v) is 6.42. The van der Waals surface area contributed by atoms with E-state index >= 15 is 0 Å². The van der Waals surface area contributed by atoms with Gasteiger partial charge in [-0.15, -0.1) is 0 Å². The molecule has 2 unspecified atom stereocenters. The van der Waals surface area contributed by atoms with Crippen LogP contribution < -0.4 is 0 Å². The quantitative estimate of drug-likeness (QED) is 0.453. The van der Waals surface area contributed by atoms with E-state index in [1.54, 1.807) is 4.90 Å². The van der Waals surface area contributed by atoms with E-state index in [0.717, 1.165) is 18.4 Å². The number of hydrogen-bond donors (Lipinski definition) is 0. The van der Waals surface area contributed by atoms with Gasteiger partial charge in [-0.1, -0.05) is 68.0 Å². The highest BCUT2D eigenvalue weighted by molar-refractivity contribution is 6.03. The smallest absolute Gasteiger partial charge is 0.264 e. The summed E-state index contributed by atoms with van der Waals surface area (Å²) in [5, 5.41) is 0. The lowest BCUT2D eigenvalue weighted by atomic mass is 9.82. The molecule has 1 heterocycles. The van der Waals surface area contributed by atoms with Crippen LogP contribution in [0.3, 0.4) is 0 Å². The lowest BCUT2D eigenvalue weighted by Crippen LogP contribution is -2.51. The minimum Gasteiger partial charge on any atom is -0.358 e. The van der Waals surface area contributed by atoms with Crippen LogP contribution in [0.2, 0.25) is 0 Å². The molecular weight excluding hydrogens is 314 g/mol. The zero-order chi connectivity index (χ0) is 17.7. The third-order valence-electron chi connectivity index (χ3n) is 4.83. The Morgan fingerprint density at radius 2 is 2.08 bits per heavy atom. The van der Waals surface area contributed by atoms with Crippen LogP contribution in [0.1, 0.15) is 38.2 Å². The molecule has 130 valence electrons. The van der Waals surface area contributed by atoms with Gasteiger partial charge in [-0.05, 0) is 18.4 Å². The van der Waals surface area contributed by atoms with Crippen LogP contribution in [0.25, 0.3) is 0 Å². The summed E-state index contributed by atoms with van der Waals surface area (Å²) in [5.41, 5.74) is 0.544. The second kappa shape index (κ2) is 7.64. The summed E-state index contributed by atoms with van der Waals surface area (Å²) in [7, 11) is 0. The van der Waals surface area contributed by atoms with Crippen molar-refractivity contribution in [2.45, 2.75) is 44.4 Å². The fraction of sp³-hybridized carbons (Fsp3) is 0.381. The number of carbonyl (C=O) groups excluding carboxylic acids is 2. The first kappa shape index (κ1) is 17.4. The van der Waals surface area contributed by atoms with Crippen LogP contribution in [-0.4, -0.2) is 29.6 Å². The van der Waals surface area contributed by atoms with Crippen molar-refractivity contribution in [3.8, 4) is 0 Å². The average Bonchev–Trinajstić information content (AvgIpc) is 2.99. The van der Waals surface area contributed by atoms with Crippen LogP contribution in [0, 0.1) is 0 Å². The maximum Gasteiger partial charge on any atom is 0.264 e. The van der Waals surface area contributed by atoms with Crippen LogP contribution in [0.5, 0.6) is 0 Å². The van der Waals surface area contributed by atoms with Gasteiger partial charge in [0.05, 0.1) is 5.54 Å². The normalized spacial score (nSPS) is 25.5. The lowest BCUT2D eigenvalue weighted by Gasteiger charge is -2.43. The van der Waals surface area contributed by atoms with Gasteiger partial charge in [0.25, 0.3) is 5.91 Å². The van der Waals surface area contributed by atoms with Crippen LogP contribution in [0.4, 0.5) is 0 Å². The van der Waals surface area contributed by atoms with E-state index in [0.29, 0.717) is 13.0 Å². The number of unbranched alkanes of at least 4 members (excludes halogenated alkanes) is 1. The van der Waals surface area contributed by atoms with Crippen molar-refractivity contribution in [3.05, 3.63) is 65.8 Å². The summed E-state index contributed by atoms with van der Waals surface area (Å²) in [5.74, 6) is 1.55. The molecule has 1 aromatic rings. The maximum absolute atomic E-state index is 12.9. The summed E-state index contributed by atoms with van der Waals surface area (Å²) in [4.78, 5) is 25.9. The third kappa shape index (κ3) is 3.23. The van der Waals surface area contributed by atoms with Crippen molar-refractivity contribution >= 4 is 11.8 Å². The summed E-state index contributed by atoms with van der Waals surface area (Å²) in [6.07, 6.45) is 10.5. The molecule has 0 saturated carbocycles. The van der Waals surface area contributed by atoms with Crippen LogP contribution >= 0.6 is 0 Å². The lowest BCUT2D eigenvalue weighted by molar-refractivity contribution is -0.145. The molecule has 4 nitrogen and oxygen atoms in total. The molecule has 2 aliphatic rings. The fourth-order valence-corrected chi connectivity index (χ4v) is 3.52. The Bertz CT molecular complexity index is 731. The number of hydrogen-bond acceptors (Lipinski definition) is 3. The first-order valence-electron chi connectivity index (χ1n) is 8.82. The molecule has 0 aromatic heterocycles. The Hall–Kier alpha value is -2.42. The molecule has 1 aliphatic carbocycles. The molecule has 4 heteroatoms.